The van der Waals surface area contributed by atoms with Crippen molar-refractivity contribution in [1.29, 1.82) is 0 Å². The fraction of sp³-hybridized carbons (Fsp3) is 0.0400. The summed E-state index contributed by atoms with van der Waals surface area (Å²) in [5.74, 6) is 0. The lowest BCUT2D eigenvalue weighted by Crippen LogP contribution is -2.05. The molecule has 5 aromatic rings. The number of rotatable bonds is 5. The average molecular weight is 456 g/mol. The van der Waals surface area contributed by atoms with E-state index >= 15 is 0 Å². The van der Waals surface area contributed by atoms with E-state index in [1.807, 2.05) is 60.7 Å². The lowest BCUT2D eigenvalue weighted by atomic mass is 9.97. The van der Waals surface area contributed by atoms with Gasteiger partial charge in [-0.25, -0.2) is 4.68 Å². The predicted molar refractivity (Wildman–Crippen MR) is 129 cm³/mol. The second-order valence-corrected chi connectivity index (χ2v) is 9.52. The quantitative estimate of drug-likeness (QED) is 0.255. The minimum absolute atomic E-state index is 0.498. The summed E-state index contributed by atoms with van der Waals surface area (Å²) in [5.41, 5.74) is 8.60. The molecule has 164 valence electrons. The highest BCUT2D eigenvalue weighted by Crippen LogP contribution is 2.56. The summed E-state index contributed by atoms with van der Waals surface area (Å²) in [6.07, 6.45) is 1.76. The number of aromatic nitrogens is 3. The Morgan fingerprint density at radius 2 is 1.64 bits per heavy atom. The van der Waals surface area contributed by atoms with Crippen LogP contribution in [0.1, 0.15) is 16.8 Å². The molecule has 0 saturated carbocycles. The number of nitrogen functional groups attached to an aromatic ring is 1. The molecule has 33 heavy (non-hydrogen) atoms. The predicted octanol–water partition coefficient (Wildman–Crippen LogP) is 4.94. The van der Waals surface area contributed by atoms with Crippen LogP contribution in [0.4, 0.5) is 5.69 Å². The molecule has 0 radical (unpaired) electrons. The maximum absolute atomic E-state index is 12.7. The summed E-state index contributed by atoms with van der Waals surface area (Å²) < 4.78 is 14.3. The zero-order valence-corrected chi connectivity index (χ0v) is 18.4. The van der Waals surface area contributed by atoms with Crippen LogP contribution in [0.3, 0.4) is 0 Å². The molecule has 4 N–H and O–H groups in total. The van der Waals surface area contributed by atoms with E-state index in [9.17, 15) is 14.4 Å². The van der Waals surface area contributed by atoms with E-state index in [2.05, 4.69) is 10.3 Å². The number of hydrogen-bond donors (Lipinski definition) is 3. The van der Waals surface area contributed by atoms with E-state index in [1.54, 1.807) is 41.2 Å². The fourth-order valence-corrected chi connectivity index (χ4v) is 5.24. The summed E-state index contributed by atoms with van der Waals surface area (Å²) in [4.78, 5) is 20.7. The number of nitrogens with two attached hydrogens (primary N) is 1. The summed E-state index contributed by atoms with van der Waals surface area (Å²) in [6, 6.07) is 27.5. The second-order valence-electron chi connectivity index (χ2n) is 7.83. The first-order chi connectivity index (χ1) is 15.9. The standard InChI is InChI=1S/C25H21N4O3P/c26-20-10-3-8-18(14-20)24-16-29(28-27-24)21-11-4-9-19(15-21)25(33(30,31)32)23-13-5-7-17-6-1-2-12-22(17)23/h1-16,25H,26H2,(H2,30,31,32). The molecule has 0 aliphatic rings. The van der Waals surface area contributed by atoms with Gasteiger partial charge >= 0.3 is 7.60 Å². The van der Waals surface area contributed by atoms with Crippen LogP contribution in [0.2, 0.25) is 0 Å². The fourth-order valence-electron chi connectivity index (χ4n) is 4.10. The third kappa shape index (κ3) is 4.17. The first-order valence-corrected chi connectivity index (χ1v) is 12.0. The Balaban J connectivity index is 1.59. The number of fused-ring (bicyclic) bond motifs is 1. The number of hydrogen-bond acceptors (Lipinski definition) is 4. The summed E-state index contributed by atoms with van der Waals surface area (Å²) in [5, 5.41) is 10.2. The molecule has 0 aliphatic carbocycles. The van der Waals surface area contributed by atoms with Crippen molar-refractivity contribution in [2.45, 2.75) is 5.66 Å². The van der Waals surface area contributed by atoms with Crippen LogP contribution in [0.5, 0.6) is 0 Å². The van der Waals surface area contributed by atoms with Gasteiger partial charge in [-0.3, -0.25) is 4.57 Å². The van der Waals surface area contributed by atoms with Crippen molar-refractivity contribution in [2.24, 2.45) is 0 Å². The highest BCUT2D eigenvalue weighted by atomic mass is 31.2. The van der Waals surface area contributed by atoms with Gasteiger partial charge < -0.3 is 15.5 Å². The molecule has 0 amide bonds. The van der Waals surface area contributed by atoms with Crippen molar-refractivity contribution < 1.29 is 14.4 Å². The van der Waals surface area contributed by atoms with Crippen LogP contribution in [0.15, 0.2) is 97.2 Å². The first-order valence-electron chi connectivity index (χ1n) is 10.3. The smallest absolute Gasteiger partial charge is 0.337 e. The Hall–Kier alpha value is -3.77. The summed E-state index contributed by atoms with van der Waals surface area (Å²) in [6.45, 7) is 0. The van der Waals surface area contributed by atoms with Crippen molar-refractivity contribution in [2.75, 3.05) is 5.73 Å². The topological polar surface area (TPSA) is 114 Å². The molecule has 0 bridgehead atoms. The van der Waals surface area contributed by atoms with Crippen LogP contribution in [-0.4, -0.2) is 24.8 Å². The molecule has 1 aromatic heterocycles. The Kier molecular flexibility index (Phi) is 5.30. The lowest BCUT2D eigenvalue weighted by molar-refractivity contribution is 0.365. The van der Waals surface area contributed by atoms with Crippen LogP contribution in [0.25, 0.3) is 27.7 Å². The van der Waals surface area contributed by atoms with E-state index in [1.165, 1.54) is 0 Å². The molecular formula is C25H21N4O3P. The summed E-state index contributed by atoms with van der Waals surface area (Å²) >= 11 is 0. The van der Waals surface area contributed by atoms with E-state index in [4.69, 9.17) is 5.73 Å². The van der Waals surface area contributed by atoms with Crippen molar-refractivity contribution in [3.05, 3.63) is 108 Å². The molecule has 0 saturated heterocycles. The Bertz CT molecular complexity index is 1500. The van der Waals surface area contributed by atoms with Gasteiger partial charge in [-0.05, 0) is 46.2 Å². The van der Waals surface area contributed by atoms with Crippen LogP contribution in [0, 0.1) is 0 Å². The van der Waals surface area contributed by atoms with Gasteiger partial charge in [0.15, 0.2) is 0 Å². The molecule has 4 aromatic carbocycles. The van der Waals surface area contributed by atoms with Crippen molar-refractivity contribution in [1.82, 2.24) is 15.0 Å². The molecule has 0 fully saturated rings. The number of benzene rings is 4. The first kappa shape index (κ1) is 21.1. The maximum Gasteiger partial charge on any atom is 0.337 e. The van der Waals surface area contributed by atoms with Gasteiger partial charge in [0.25, 0.3) is 0 Å². The molecule has 7 nitrogen and oxygen atoms in total. The molecule has 1 heterocycles. The molecule has 8 heteroatoms. The Morgan fingerprint density at radius 3 is 2.45 bits per heavy atom. The van der Waals surface area contributed by atoms with Gasteiger partial charge in [0, 0.05) is 11.3 Å². The van der Waals surface area contributed by atoms with Gasteiger partial charge in [-0.1, -0.05) is 71.9 Å². The number of anilines is 1. The SMILES string of the molecule is Nc1cccc(-c2cn(-c3cccc(C(c4cccc5ccccc45)P(=O)(O)O)c3)nn2)c1. The van der Waals surface area contributed by atoms with Crippen LogP contribution in [-0.2, 0) is 4.57 Å². The average Bonchev–Trinajstić information content (AvgIpc) is 3.29. The van der Waals surface area contributed by atoms with Crippen molar-refractivity contribution in [3.63, 3.8) is 0 Å². The van der Waals surface area contributed by atoms with Crippen LogP contribution >= 0.6 is 7.60 Å². The van der Waals surface area contributed by atoms with Crippen LogP contribution < -0.4 is 5.73 Å². The van der Waals surface area contributed by atoms with Gasteiger partial charge in [0.1, 0.15) is 11.4 Å². The van der Waals surface area contributed by atoms with E-state index in [0.717, 1.165) is 16.3 Å². The maximum atomic E-state index is 12.7. The van der Waals surface area contributed by atoms with E-state index in [-0.39, 0.29) is 0 Å². The summed E-state index contributed by atoms with van der Waals surface area (Å²) in [7, 11) is -4.54. The highest BCUT2D eigenvalue weighted by molar-refractivity contribution is 7.52. The molecule has 5 rings (SSSR count). The van der Waals surface area contributed by atoms with Gasteiger partial charge in [0.05, 0.1) is 11.9 Å². The largest absolute Gasteiger partial charge is 0.399 e. The normalized spacial score (nSPS) is 12.7. The second kappa shape index (κ2) is 8.30. The zero-order valence-electron chi connectivity index (χ0n) is 17.5. The Labute approximate surface area is 190 Å². The lowest BCUT2D eigenvalue weighted by Gasteiger charge is -2.21. The molecule has 0 spiro atoms. The third-order valence-electron chi connectivity index (χ3n) is 5.58. The van der Waals surface area contributed by atoms with Crippen molar-refractivity contribution in [3.8, 4) is 16.9 Å². The molecule has 1 unspecified atom stereocenters. The third-order valence-corrected chi connectivity index (χ3v) is 6.83. The monoisotopic (exact) mass is 456 g/mol. The van der Waals surface area contributed by atoms with Gasteiger partial charge in [-0.2, -0.15) is 0 Å². The van der Waals surface area contributed by atoms with Gasteiger partial charge in [0.2, 0.25) is 0 Å². The minimum atomic E-state index is -4.54. The molecule has 0 aliphatic heterocycles. The highest BCUT2D eigenvalue weighted by Gasteiger charge is 2.33. The molecular weight excluding hydrogens is 435 g/mol. The molecule has 1 atom stereocenters. The van der Waals surface area contributed by atoms with E-state index < -0.39 is 13.3 Å². The number of nitrogens with zero attached hydrogens (tertiary/aromatic N) is 3. The van der Waals surface area contributed by atoms with Crippen molar-refractivity contribution >= 4 is 24.1 Å². The van der Waals surface area contributed by atoms with E-state index in [0.29, 0.717) is 28.2 Å². The minimum Gasteiger partial charge on any atom is -0.399 e. The Morgan fingerprint density at radius 1 is 0.879 bits per heavy atom. The van der Waals surface area contributed by atoms with Gasteiger partial charge in [-0.15, -0.1) is 5.10 Å². The zero-order chi connectivity index (χ0) is 23.0.